The van der Waals surface area contributed by atoms with Crippen LogP contribution in [0.15, 0.2) is 110 Å². The van der Waals surface area contributed by atoms with E-state index in [0.29, 0.717) is 35.0 Å². The minimum atomic E-state index is -0.801. The van der Waals surface area contributed by atoms with Gasteiger partial charge < -0.3 is 14.4 Å². The van der Waals surface area contributed by atoms with Crippen LogP contribution in [0.2, 0.25) is 0 Å². The molecule has 35 heavy (non-hydrogen) atoms. The molecule has 1 atom stereocenters. The Morgan fingerprint density at radius 2 is 1.94 bits per heavy atom. The first kappa shape index (κ1) is 22.5. The lowest BCUT2D eigenvalue weighted by Gasteiger charge is -2.28. The summed E-state index contributed by atoms with van der Waals surface area (Å²) in [4.78, 5) is 27.9. The molecule has 1 unspecified atom stereocenters. The number of ketones is 1. The summed E-state index contributed by atoms with van der Waals surface area (Å²) in [5, 5.41) is 15.8. The Morgan fingerprint density at radius 1 is 1.14 bits per heavy atom. The molecule has 2 heterocycles. The molecule has 1 saturated heterocycles. The third-order valence-corrected chi connectivity index (χ3v) is 6.32. The molecule has 1 fully saturated rings. The molecule has 1 amide bonds. The minimum absolute atomic E-state index is 0.0110. The van der Waals surface area contributed by atoms with E-state index in [4.69, 9.17) is 20.9 Å². The van der Waals surface area contributed by atoms with Gasteiger partial charge in [-0.2, -0.15) is 0 Å². The van der Waals surface area contributed by atoms with Crippen LogP contribution in [-0.2, 0) is 14.3 Å². The standard InChI is InChI=1S/C27H19ClN2O5/c1-34-21-12-6-18(7-13-21)25(31)23-24(17-2-8-19(28)9-3-17)30(27(33)26(23)32)20-10-4-16(5-11-20)22-14-15-35-29-22/h2,4-6,8,10-12,14-15,24,31H,3,9H2,1H3/b25-23-. The molecular weight excluding hydrogens is 468 g/mol. The van der Waals surface area contributed by atoms with Crippen molar-refractivity contribution in [2.75, 3.05) is 12.0 Å². The Bertz CT molecular complexity index is 1450. The molecule has 2 aromatic rings. The topological polar surface area (TPSA) is 92.9 Å². The van der Waals surface area contributed by atoms with Gasteiger partial charge in [0.25, 0.3) is 11.7 Å². The number of halogens is 1. The number of hydrogen-bond acceptors (Lipinski definition) is 6. The molecule has 174 valence electrons. The van der Waals surface area contributed by atoms with E-state index in [1.165, 1.54) is 18.3 Å². The molecule has 1 aromatic carbocycles. The number of allylic oxidation sites excluding steroid dienone is 5. The number of hydrogen-bond donors (Lipinski definition) is 1. The number of benzene rings is 1. The number of Topliss-reactive ketones (excluding diaryl/α,β-unsaturated/α-hetero) is 1. The molecule has 0 spiro atoms. The molecule has 1 aromatic heterocycles. The lowest BCUT2D eigenvalue weighted by Crippen LogP contribution is -2.36. The first-order valence-corrected chi connectivity index (χ1v) is 11.2. The zero-order valence-corrected chi connectivity index (χ0v) is 19.4. The first-order valence-electron chi connectivity index (χ1n) is 10.8. The predicted octanol–water partition coefficient (Wildman–Crippen LogP) is 5.06. The number of ether oxygens (including phenoxy) is 1. The molecule has 1 aliphatic heterocycles. The Balaban J connectivity index is 1.64. The van der Waals surface area contributed by atoms with Crippen molar-refractivity contribution in [3.05, 3.63) is 106 Å². The number of aromatic nitrogens is 1. The normalized spacial score (nSPS) is 21.0. The van der Waals surface area contributed by atoms with Crippen molar-refractivity contribution in [2.24, 2.45) is 0 Å². The van der Waals surface area contributed by atoms with Gasteiger partial charge in [-0.15, -0.1) is 0 Å². The van der Waals surface area contributed by atoms with Crippen LogP contribution >= 0.6 is 11.6 Å². The summed E-state index contributed by atoms with van der Waals surface area (Å²) in [5.74, 6) is -1.40. The molecule has 8 heteroatoms. The van der Waals surface area contributed by atoms with Crippen LogP contribution in [0.3, 0.4) is 0 Å². The van der Waals surface area contributed by atoms with Gasteiger partial charge in [-0.05, 0) is 54.5 Å². The predicted molar refractivity (Wildman–Crippen MR) is 129 cm³/mol. The summed E-state index contributed by atoms with van der Waals surface area (Å²) < 4.78 is 10.0. The lowest BCUT2D eigenvalue weighted by atomic mass is 9.90. The summed E-state index contributed by atoms with van der Waals surface area (Å²) in [6.07, 6.45) is 9.29. The third-order valence-electron chi connectivity index (χ3n) is 6.00. The van der Waals surface area contributed by atoms with Crippen molar-refractivity contribution in [1.82, 2.24) is 5.16 Å². The third kappa shape index (κ3) is 4.09. The Labute approximate surface area is 205 Å². The van der Waals surface area contributed by atoms with Gasteiger partial charge in [0.15, 0.2) is 5.76 Å². The average molecular weight is 487 g/mol. The fourth-order valence-electron chi connectivity index (χ4n) is 4.23. The zero-order chi connectivity index (χ0) is 24.5. The minimum Gasteiger partial charge on any atom is -0.506 e. The molecule has 1 N–H and O–H groups in total. The number of anilines is 1. The molecular formula is C27H19ClN2O5. The Kier molecular flexibility index (Phi) is 5.89. The molecule has 2 aliphatic carbocycles. The van der Waals surface area contributed by atoms with E-state index < -0.39 is 17.7 Å². The van der Waals surface area contributed by atoms with Crippen molar-refractivity contribution in [2.45, 2.75) is 18.9 Å². The number of nitrogens with zero attached hydrogens (tertiary/aromatic N) is 2. The highest BCUT2D eigenvalue weighted by atomic mass is 35.5. The number of amides is 1. The Hall–Kier alpha value is -4.28. The average Bonchev–Trinajstić information content (AvgIpc) is 3.52. The number of carbonyl (C=O) groups is 2. The van der Waals surface area contributed by atoms with E-state index in [0.717, 1.165) is 11.1 Å². The van der Waals surface area contributed by atoms with Crippen LogP contribution in [0.4, 0.5) is 5.69 Å². The van der Waals surface area contributed by atoms with Gasteiger partial charge in [-0.25, -0.2) is 0 Å². The van der Waals surface area contributed by atoms with Gasteiger partial charge in [0.1, 0.15) is 17.7 Å². The van der Waals surface area contributed by atoms with E-state index in [-0.39, 0.29) is 16.9 Å². The van der Waals surface area contributed by atoms with E-state index in [9.17, 15) is 14.7 Å². The maximum Gasteiger partial charge on any atom is 0.300 e. The van der Waals surface area contributed by atoms with Gasteiger partial charge in [0, 0.05) is 22.3 Å². The van der Waals surface area contributed by atoms with E-state index in [2.05, 4.69) is 16.6 Å². The summed E-state index contributed by atoms with van der Waals surface area (Å²) in [5.41, 5.74) is 8.54. The highest BCUT2D eigenvalue weighted by Crippen LogP contribution is 2.39. The summed E-state index contributed by atoms with van der Waals surface area (Å²) in [6.45, 7) is 0. The summed E-state index contributed by atoms with van der Waals surface area (Å²) >= 11 is 6.16. The number of methoxy groups -OCH3 is 1. The molecule has 7 nitrogen and oxygen atoms in total. The fraction of sp³-hybridized carbons (Fsp3) is 0.148. The fourth-order valence-corrected chi connectivity index (χ4v) is 4.39. The molecule has 5 rings (SSSR count). The highest BCUT2D eigenvalue weighted by Gasteiger charge is 2.47. The van der Waals surface area contributed by atoms with Gasteiger partial charge in [-0.1, -0.05) is 40.7 Å². The quantitative estimate of drug-likeness (QED) is 0.275. The van der Waals surface area contributed by atoms with Gasteiger partial charge in [0.05, 0.1) is 24.3 Å². The van der Waals surface area contributed by atoms with Gasteiger partial charge in [0.2, 0.25) is 0 Å². The molecule has 0 bridgehead atoms. The van der Waals surface area contributed by atoms with Crippen molar-refractivity contribution in [3.63, 3.8) is 0 Å². The smallest absolute Gasteiger partial charge is 0.300 e. The summed E-state index contributed by atoms with van der Waals surface area (Å²) in [7, 11) is 1.49. The van der Waals surface area contributed by atoms with E-state index in [1.807, 2.05) is 0 Å². The first-order chi connectivity index (χ1) is 17.0. The van der Waals surface area contributed by atoms with E-state index >= 15 is 0 Å². The van der Waals surface area contributed by atoms with Crippen molar-refractivity contribution >= 4 is 29.0 Å². The number of carbonyl (C=O) groups excluding carboxylic acids is 2. The monoisotopic (exact) mass is 486 g/mol. The summed E-state index contributed by atoms with van der Waals surface area (Å²) in [6, 6.07) is 7.99. The largest absolute Gasteiger partial charge is 0.506 e. The van der Waals surface area contributed by atoms with Crippen molar-refractivity contribution in [3.8, 4) is 11.3 Å². The number of aliphatic hydroxyl groups excluding tert-OH is 1. The van der Waals surface area contributed by atoms with Crippen LogP contribution in [0, 0.1) is 0 Å². The lowest BCUT2D eigenvalue weighted by molar-refractivity contribution is -0.132. The second-order valence-electron chi connectivity index (χ2n) is 8.02. The van der Waals surface area contributed by atoms with Crippen LogP contribution in [-0.4, -0.2) is 35.1 Å². The van der Waals surface area contributed by atoms with Gasteiger partial charge >= 0.3 is 0 Å². The van der Waals surface area contributed by atoms with Crippen molar-refractivity contribution < 1.29 is 24.0 Å². The highest BCUT2D eigenvalue weighted by molar-refractivity contribution is 6.51. The SMILES string of the molecule is COC1=C=C=C(/C(O)=C2/C(=O)C(=O)N(c3ccc(-c4ccon4)cc3)C2C2=CC=C(Cl)CC2)C=C1. The molecule has 0 saturated carbocycles. The molecule has 0 radical (unpaired) electrons. The van der Waals surface area contributed by atoms with Crippen LogP contribution < -0.4 is 4.90 Å². The zero-order valence-electron chi connectivity index (χ0n) is 18.6. The molecule has 3 aliphatic rings. The number of aliphatic hydroxyl groups is 1. The second kappa shape index (κ2) is 9.16. The van der Waals surface area contributed by atoms with Crippen LogP contribution in [0.1, 0.15) is 12.8 Å². The van der Waals surface area contributed by atoms with Crippen LogP contribution in [0.5, 0.6) is 0 Å². The van der Waals surface area contributed by atoms with Crippen molar-refractivity contribution in [1.29, 1.82) is 0 Å². The van der Waals surface area contributed by atoms with E-state index in [1.54, 1.807) is 54.6 Å². The second-order valence-corrected chi connectivity index (χ2v) is 8.51. The van der Waals surface area contributed by atoms with Gasteiger partial charge in [-0.3, -0.25) is 14.5 Å². The van der Waals surface area contributed by atoms with Crippen LogP contribution in [0.25, 0.3) is 11.3 Å². The maximum atomic E-state index is 13.3. The Morgan fingerprint density at radius 3 is 2.54 bits per heavy atom. The maximum absolute atomic E-state index is 13.3. The number of rotatable bonds is 5.